The molecule has 0 aromatic heterocycles. The average molecular weight is 569 g/mol. The number of esters is 3. The van der Waals surface area contributed by atoms with Crippen molar-refractivity contribution in [3.8, 4) is 0 Å². The first kappa shape index (κ1) is 25.8. The van der Waals surface area contributed by atoms with Gasteiger partial charge in [-0.2, -0.15) is 0 Å². The topological polar surface area (TPSA) is 147 Å². The molecule has 10 atom stereocenters. The molecular formula is C30H32O11. The number of aliphatic hydroxyl groups excluding tert-OH is 2. The van der Waals surface area contributed by atoms with Crippen LogP contribution in [0.4, 0.5) is 0 Å². The van der Waals surface area contributed by atoms with Gasteiger partial charge in [0.05, 0.1) is 55.9 Å². The zero-order valence-electron chi connectivity index (χ0n) is 23.0. The molecule has 9 aliphatic rings. The Morgan fingerprint density at radius 2 is 1.76 bits per heavy atom. The lowest BCUT2D eigenvalue weighted by Crippen LogP contribution is -2.70. The number of aliphatic hydroxyl groups is 2. The zero-order valence-corrected chi connectivity index (χ0v) is 23.0. The molecule has 1 fully saturated rings. The summed E-state index contributed by atoms with van der Waals surface area (Å²) in [6.45, 7) is 4.17. The molecule has 1 unspecified atom stereocenters. The lowest BCUT2D eigenvalue weighted by Gasteiger charge is -2.65. The largest absolute Gasteiger partial charge is 0.468 e. The number of hydrogen-bond donors (Lipinski definition) is 2. The van der Waals surface area contributed by atoms with Gasteiger partial charge in [0.25, 0.3) is 0 Å². The summed E-state index contributed by atoms with van der Waals surface area (Å²) in [5.74, 6) is -2.55. The molecule has 9 rings (SSSR count). The molecule has 0 radical (unpaired) electrons. The number of carbonyl (C=O) groups is 3. The second-order valence-corrected chi connectivity index (χ2v) is 12.3. The number of carbonyl (C=O) groups excluding carboxylic acids is 3. The van der Waals surface area contributed by atoms with Crippen LogP contribution in [0.15, 0.2) is 45.1 Å². The van der Waals surface area contributed by atoms with Crippen LogP contribution in [0.25, 0.3) is 0 Å². The summed E-state index contributed by atoms with van der Waals surface area (Å²) in [5, 5.41) is 23.0. The Balaban J connectivity index is 1.45. The molecule has 1 saturated heterocycles. The van der Waals surface area contributed by atoms with Crippen LogP contribution in [0.1, 0.15) is 33.1 Å². The Kier molecular flexibility index (Phi) is 5.28. The van der Waals surface area contributed by atoms with Crippen molar-refractivity contribution in [3.63, 3.8) is 0 Å². The van der Waals surface area contributed by atoms with E-state index in [1.54, 1.807) is 6.92 Å². The molecule has 218 valence electrons. The van der Waals surface area contributed by atoms with Crippen LogP contribution >= 0.6 is 0 Å². The first-order valence-corrected chi connectivity index (χ1v) is 14.3. The molecule has 0 saturated carbocycles. The normalized spacial score (nSPS) is 45.9. The van der Waals surface area contributed by atoms with Gasteiger partial charge in [0.15, 0.2) is 6.29 Å². The van der Waals surface area contributed by atoms with Crippen molar-refractivity contribution >= 4 is 17.9 Å². The predicted octanol–water partition coefficient (Wildman–Crippen LogP) is 0.790. The summed E-state index contributed by atoms with van der Waals surface area (Å²) >= 11 is 0. The number of rotatable bonds is 1. The van der Waals surface area contributed by atoms with Gasteiger partial charge >= 0.3 is 17.9 Å². The molecule has 11 heteroatoms. The van der Waals surface area contributed by atoms with Crippen LogP contribution in [0, 0.1) is 22.7 Å². The number of cyclic esters (lactones) is 2. The molecule has 3 aliphatic carbocycles. The molecule has 0 aromatic rings. The molecule has 0 amide bonds. The van der Waals surface area contributed by atoms with E-state index in [1.807, 2.05) is 6.92 Å². The summed E-state index contributed by atoms with van der Waals surface area (Å²) in [6, 6.07) is 0. The van der Waals surface area contributed by atoms with Gasteiger partial charge < -0.3 is 38.6 Å². The van der Waals surface area contributed by atoms with Crippen molar-refractivity contribution in [2.75, 3.05) is 26.9 Å². The third kappa shape index (κ3) is 2.84. The van der Waals surface area contributed by atoms with E-state index in [4.69, 9.17) is 28.4 Å². The van der Waals surface area contributed by atoms with Crippen molar-refractivity contribution in [1.82, 2.24) is 0 Å². The summed E-state index contributed by atoms with van der Waals surface area (Å²) < 4.78 is 35.1. The predicted molar refractivity (Wildman–Crippen MR) is 135 cm³/mol. The zero-order chi connectivity index (χ0) is 28.6. The smallest absolute Gasteiger partial charge is 0.337 e. The van der Waals surface area contributed by atoms with Gasteiger partial charge in [-0.05, 0) is 54.9 Å². The minimum absolute atomic E-state index is 0.00738. The van der Waals surface area contributed by atoms with Gasteiger partial charge in [0.1, 0.15) is 18.1 Å². The van der Waals surface area contributed by atoms with Gasteiger partial charge in [-0.3, -0.25) is 4.79 Å². The molecule has 2 bridgehead atoms. The maximum absolute atomic E-state index is 14.1. The van der Waals surface area contributed by atoms with Crippen LogP contribution in [0.3, 0.4) is 0 Å². The molecule has 41 heavy (non-hydrogen) atoms. The lowest BCUT2D eigenvalue weighted by molar-refractivity contribution is -0.214. The molecule has 2 N–H and O–H groups in total. The minimum atomic E-state index is -1.81. The van der Waals surface area contributed by atoms with Crippen LogP contribution in [-0.4, -0.2) is 91.9 Å². The molecular weight excluding hydrogens is 536 g/mol. The van der Waals surface area contributed by atoms with E-state index in [0.29, 0.717) is 35.1 Å². The number of methoxy groups -OCH3 is 1. The molecule has 6 aliphatic heterocycles. The summed E-state index contributed by atoms with van der Waals surface area (Å²) in [7, 11) is 1.24. The highest BCUT2D eigenvalue weighted by Gasteiger charge is 2.73. The van der Waals surface area contributed by atoms with Crippen LogP contribution in [-0.2, 0) is 42.8 Å². The lowest BCUT2D eigenvalue weighted by atomic mass is 9.44. The molecule has 6 heterocycles. The van der Waals surface area contributed by atoms with Crippen LogP contribution in [0.2, 0.25) is 0 Å². The maximum atomic E-state index is 14.1. The van der Waals surface area contributed by atoms with E-state index in [0.717, 1.165) is 11.1 Å². The average Bonchev–Trinajstić information content (AvgIpc) is 2.95. The highest BCUT2D eigenvalue weighted by Crippen LogP contribution is 2.69. The van der Waals surface area contributed by atoms with Gasteiger partial charge in [-0.15, -0.1) is 0 Å². The van der Waals surface area contributed by atoms with Crippen LogP contribution < -0.4 is 0 Å². The third-order valence-electron chi connectivity index (χ3n) is 11.0. The maximum Gasteiger partial charge on any atom is 0.337 e. The van der Waals surface area contributed by atoms with E-state index in [1.165, 1.54) is 7.11 Å². The van der Waals surface area contributed by atoms with E-state index in [-0.39, 0.29) is 49.8 Å². The van der Waals surface area contributed by atoms with Gasteiger partial charge in [-0.25, -0.2) is 9.59 Å². The fourth-order valence-electron chi connectivity index (χ4n) is 9.67. The Morgan fingerprint density at radius 1 is 1.00 bits per heavy atom. The first-order chi connectivity index (χ1) is 19.7. The Labute approximate surface area is 235 Å². The van der Waals surface area contributed by atoms with E-state index in [9.17, 15) is 24.6 Å². The van der Waals surface area contributed by atoms with E-state index >= 15 is 0 Å². The minimum Gasteiger partial charge on any atom is -0.468 e. The second kappa shape index (κ2) is 8.38. The third-order valence-corrected chi connectivity index (χ3v) is 11.0. The number of ether oxygens (including phenoxy) is 6. The monoisotopic (exact) mass is 568 g/mol. The Bertz CT molecular complexity index is 1440. The van der Waals surface area contributed by atoms with Crippen molar-refractivity contribution in [3.05, 3.63) is 45.1 Å². The SMILES string of the molecule is COC(=O)[C@]12C3=C([C@H](C)O[C@H]1[C@@H]1C4=C(C(=O)OCC4=C[C@@]45C6=C(C(=O)OCC6)[C@@H](C[C@@H]14)OC5C)[C@H]2O)[C@H](O)OCC3. The highest BCUT2D eigenvalue weighted by molar-refractivity contribution is 5.98. The number of fused-ring (bicyclic) bond motifs is 4. The summed E-state index contributed by atoms with van der Waals surface area (Å²) in [5.41, 5.74) is 1.25. The molecule has 0 aromatic carbocycles. The quantitative estimate of drug-likeness (QED) is 0.263. The van der Waals surface area contributed by atoms with Crippen molar-refractivity contribution < 1.29 is 53.0 Å². The summed E-state index contributed by atoms with van der Waals surface area (Å²) in [4.78, 5) is 40.6. The first-order valence-electron chi connectivity index (χ1n) is 14.3. The van der Waals surface area contributed by atoms with Crippen molar-refractivity contribution in [2.45, 2.75) is 69.9 Å². The fraction of sp³-hybridized carbons (Fsp3) is 0.633. The molecule has 11 nitrogen and oxygen atoms in total. The van der Waals surface area contributed by atoms with Gasteiger partial charge in [0, 0.05) is 23.3 Å². The van der Waals surface area contributed by atoms with E-state index < -0.39 is 59.4 Å². The van der Waals surface area contributed by atoms with Gasteiger partial charge in [-0.1, -0.05) is 6.08 Å². The van der Waals surface area contributed by atoms with Crippen molar-refractivity contribution in [1.29, 1.82) is 0 Å². The van der Waals surface area contributed by atoms with Crippen LogP contribution in [0.5, 0.6) is 0 Å². The molecule has 1 spiro atoms. The second-order valence-electron chi connectivity index (χ2n) is 12.3. The summed E-state index contributed by atoms with van der Waals surface area (Å²) in [6.07, 6.45) is -2.02. The highest BCUT2D eigenvalue weighted by atomic mass is 16.6. The fourth-order valence-corrected chi connectivity index (χ4v) is 9.67. The Hall–Kier alpha value is -2.83. The Morgan fingerprint density at radius 3 is 2.54 bits per heavy atom. The van der Waals surface area contributed by atoms with Gasteiger partial charge in [0.2, 0.25) is 0 Å². The standard InChI is InChI=1S/C30H32O11/c1-11-18-15(5-7-37-25(18)32)30(28(35)36-3)23(31)22-19-13(10-39-27(22)34)9-29-12(2)41-17(8-16(29)21(19)24(30)40-11)20-14(29)4-6-38-26(20)33/h9,11-12,16-17,21,23-25,31-32H,4-8,10H2,1-3H3/t11-,12?,16-,17+,21-,23+,24-,25+,29+,30-/m0/s1. The van der Waals surface area contributed by atoms with Crippen molar-refractivity contribution in [2.24, 2.45) is 22.7 Å². The van der Waals surface area contributed by atoms with E-state index in [2.05, 4.69) is 6.08 Å². The number of hydrogen-bond acceptors (Lipinski definition) is 11.